The van der Waals surface area contributed by atoms with Gasteiger partial charge < -0.3 is 10.1 Å². The largest absolute Gasteiger partial charge is 0.494 e. The molecule has 1 aromatic carbocycles. The minimum absolute atomic E-state index is 0.202. The van der Waals surface area contributed by atoms with Gasteiger partial charge in [-0.3, -0.25) is 4.79 Å². The van der Waals surface area contributed by atoms with Crippen LogP contribution < -0.4 is 10.1 Å². The average molecular weight is 247 g/mol. The molecule has 98 valence electrons. The van der Waals surface area contributed by atoms with Gasteiger partial charge in [0, 0.05) is 13.0 Å². The second-order valence-corrected chi connectivity index (χ2v) is 5.17. The third kappa shape index (κ3) is 4.06. The lowest BCUT2D eigenvalue weighted by molar-refractivity contribution is -0.119. The summed E-state index contributed by atoms with van der Waals surface area (Å²) in [6.07, 6.45) is 2.85. The minimum atomic E-state index is 0.202. The van der Waals surface area contributed by atoms with Crippen LogP contribution in [0, 0.1) is 11.8 Å². The van der Waals surface area contributed by atoms with Gasteiger partial charge in [0.05, 0.1) is 6.61 Å². The highest BCUT2D eigenvalue weighted by Crippen LogP contribution is 2.21. The molecule has 2 unspecified atom stereocenters. The third-order valence-corrected chi connectivity index (χ3v) is 3.42. The normalized spacial score (nSPS) is 20.5. The van der Waals surface area contributed by atoms with Crippen molar-refractivity contribution in [3.05, 3.63) is 30.3 Å². The highest BCUT2D eigenvalue weighted by molar-refractivity contribution is 5.78. The van der Waals surface area contributed by atoms with Crippen LogP contribution in [-0.2, 0) is 4.79 Å². The van der Waals surface area contributed by atoms with Gasteiger partial charge >= 0.3 is 0 Å². The lowest BCUT2D eigenvalue weighted by atomic mass is 9.93. The first-order valence-corrected chi connectivity index (χ1v) is 6.68. The first-order valence-electron chi connectivity index (χ1n) is 6.68. The summed E-state index contributed by atoms with van der Waals surface area (Å²) >= 11 is 0. The van der Waals surface area contributed by atoms with Crippen molar-refractivity contribution < 1.29 is 9.53 Å². The zero-order chi connectivity index (χ0) is 12.8. The van der Waals surface area contributed by atoms with Crippen molar-refractivity contribution in [3.63, 3.8) is 0 Å². The summed E-state index contributed by atoms with van der Waals surface area (Å²) in [7, 11) is 0. The van der Waals surface area contributed by atoms with Crippen molar-refractivity contribution >= 4 is 5.91 Å². The van der Waals surface area contributed by atoms with Gasteiger partial charge in [0.1, 0.15) is 5.75 Å². The smallest absolute Gasteiger partial charge is 0.220 e. The van der Waals surface area contributed by atoms with Crippen LogP contribution in [0.5, 0.6) is 5.75 Å². The molecule has 1 aliphatic heterocycles. The van der Waals surface area contributed by atoms with E-state index in [0.29, 0.717) is 18.3 Å². The molecule has 1 saturated heterocycles. The minimum Gasteiger partial charge on any atom is -0.494 e. The maximum Gasteiger partial charge on any atom is 0.220 e. The summed E-state index contributed by atoms with van der Waals surface area (Å²) in [5.74, 6) is 2.26. The fourth-order valence-electron chi connectivity index (χ4n) is 2.41. The molecule has 0 bridgehead atoms. The summed E-state index contributed by atoms with van der Waals surface area (Å²) in [6, 6.07) is 9.90. The molecule has 0 spiro atoms. The number of rotatable bonds is 6. The lowest BCUT2D eigenvalue weighted by Crippen LogP contribution is -2.15. The maximum atomic E-state index is 11.1. The number of carbonyl (C=O) groups excluding carboxylic acids is 1. The van der Waals surface area contributed by atoms with E-state index in [9.17, 15) is 4.79 Å². The van der Waals surface area contributed by atoms with E-state index in [1.165, 1.54) is 0 Å². The van der Waals surface area contributed by atoms with Crippen molar-refractivity contribution in [1.82, 2.24) is 5.32 Å². The fourth-order valence-corrected chi connectivity index (χ4v) is 2.41. The number of ether oxygens (including phenoxy) is 1. The fraction of sp³-hybridized carbons (Fsp3) is 0.533. The van der Waals surface area contributed by atoms with Crippen LogP contribution in [-0.4, -0.2) is 19.1 Å². The van der Waals surface area contributed by atoms with Gasteiger partial charge in [-0.15, -0.1) is 0 Å². The van der Waals surface area contributed by atoms with Gasteiger partial charge in [0.2, 0.25) is 5.91 Å². The van der Waals surface area contributed by atoms with E-state index in [4.69, 9.17) is 4.74 Å². The topological polar surface area (TPSA) is 38.3 Å². The number of hydrogen-bond donors (Lipinski definition) is 1. The summed E-state index contributed by atoms with van der Waals surface area (Å²) in [5, 5.41) is 2.89. The van der Waals surface area contributed by atoms with Crippen LogP contribution in [0.1, 0.15) is 26.2 Å². The van der Waals surface area contributed by atoms with Crippen LogP contribution >= 0.6 is 0 Å². The molecule has 1 fully saturated rings. The van der Waals surface area contributed by atoms with Crippen LogP contribution in [0.25, 0.3) is 0 Å². The highest BCUT2D eigenvalue weighted by Gasteiger charge is 2.22. The standard InChI is InChI=1S/C15H21NO2/c1-12(9-13-10-15(17)16-11-13)7-8-18-14-5-3-2-4-6-14/h2-6,12-13H,7-11H2,1H3,(H,16,17). The molecule has 0 aromatic heterocycles. The van der Waals surface area contributed by atoms with E-state index in [1.54, 1.807) is 0 Å². The van der Waals surface area contributed by atoms with E-state index < -0.39 is 0 Å². The molecular formula is C15H21NO2. The summed E-state index contributed by atoms with van der Waals surface area (Å²) in [5.41, 5.74) is 0. The predicted octanol–water partition coefficient (Wildman–Crippen LogP) is 2.62. The van der Waals surface area contributed by atoms with Crippen molar-refractivity contribution in [2.45, 2.75) is 26.2 Å². The van der Waals surface area contributed by atoms with E-state index in [2.05, 4.69) is 12.2 Å². The molecule has 0 aliphatic carbocycles. The number of hydrogen-bond acceptors (Lipinski definition) is 2. The van der Waals surface area contributed by atoms with Crippen molar-refractivity contribution in [2.24, 2.45) is 11.8 Å². The Morgan fingerprint density at radius 1 is 1.39 bits per heavy atom. The molecule has 2 atom stereocenters. The average Bonchev–Trinajstić information content (AvgIpc) is 2.76. The third-order valence-electron chi connectivity index (χ3n) is 3.42. The van der Waals surface area contributed by atoms with Crippen molar-refractivity contribution in [1.29, 1.82) is 0 Å². The van der Waals surface area contributed by atoms with E-state index in [1.807, 2.05) is 30.3 Å². The molecule has 1 amide bonds. The Hall–Kier alpha value is -1.51. The van der Waals surface area contributed by atoms with Gasteiger partial charge in [0.25, 0.3) is 0 Å². The van der Waals surface area contributed by atoms with Gasteiger partial charge in [-0.25, -0.2) is 0 Å². The van der Waals surface area contributed by atoms with E-state index >= 15 is 0 Å². The second kappa shape index (κ2) is 6.43. The Labute approximate surface area is 109 Å². The molecule has 3 nitrogen and oxygen atoms in total. The van der Waals surface area contributed by atoms with Gasteiger partial charge in [-0.1, -0.05) is 25.1 Å². The molecule has 1 N–H and O–H groups in total. The van der Waals surface area contributed by atoms with Crippen LogP contribution in [0.4, 0.5) is 0 Å². The Bertz CT molecular complexity index is 377. The number of carbonyl (C=O) groups is 1. The van der Waals surface area contributed by atoms with Crippen molar-refractivity contribution in [3.8, 4) is 5.75 Å². The van der Waals surface area contributed by atoms with Gasteiger partial charge in [-0.2, -0.15) is 0 Å². The molecule has 0 saturated carbocycles. The monoisotopic (exact) mass is 247 g/mol. The van der Waals surface area contributed by atoms with Gasteiger partial charge in [0.15, 0.2) is 0 Å². The maximum absolute atomic E-state index is 11.1. The molecule has 3 heteroatoms. The predicted molar refractivity (Wildman–Crippen MR) is 71.5 cm³/mol. The second-order valence-electron chi connectivity index (χ2n) is 5.17. The number of nitrogens with one attached hydrogen (secondary N) is 1. The number of benzene rings is 1. The molecule has 1 aliphatic rings. The quantitative estimate of drug-likeness (QED) is 0.839. The lowest BCUT2D eigenvalue weighted by Gasteiger charge is -2.15. The van der Waals surface area contributed by atoms with Crippen LogP contribution in [0.3, 0.4) is 0 Å². The molecule has 0 radical (unpaired) electrons. The molecule has 1 aromatic rings. The Morgan fingerprint density at radius 2 is 2.17 bits per heavy atom. The highest BCUT2D eigenvalue weighted by atomic mass is 16.5. The number of amides is 1. The van der Waals surface area contributed by atoms with Gasteiger partial charge in [-0.05, 0) is 36.8 Å². The molecule has 18 heavy (non-hydrogen) atoms. The molecule has 2 rings (SSSR count). The van der Waals surface area contributed by atoms with E-state index in [-0.39, 0.29) is 5.91 Å². The van der Waals surface area contributed by atoms with E-state index in [0.717, 1.165) is 31.7 Å². The first kappa shape index (κ1) is 12.9. The summed E-state index contributed by atoms with van der Waals surface area (Å²) < 4.78 is 5.68. The zero-order valence-electron chi connectivity index (χ0n) is 10.9. The Balaban J connectivity index is 1.63. The molecule has 1 heterocycles. The Kier molecular flexibility index (Phi) is 4.62. The summed E-state index contributed by atoms with van der Waals surface area (Å²) in [4.78, 5) is 11.1. The first-order chi connectivity index (χ1) is 8.74. The zero-order valence-corrected chi connectivity index (χ0v) is 10.9. The number of para-hydroxylation sites is 1. The van der Waals surface area contributed by atoms with Crippen LogP contribution in [0.2, 0.25) is 0 Å². The summed E-state index contributed by atoms with van der Waals surface area (Å²) in [6.45, 7) is 3.83. The van der Waals surface area contributed by atoms with Crippen LogP contribution in [0.15, 0.2) is 30.3 Å². The molecular weight excluding hydrogens is 226 g/mol. The van der Waals surface area contributed by atoms with Crippen molar-refractivity contribution in [2.75, 3.05) is 13.2 Å². The SMILES string of the molecule is CC(CCOc1ccccc1)CC1CNC(=O)C1. The Morgan fingerprint density at radius 3 is 2.83 bits per heavy atom.